The second kappa shape index (κ2) is 7.73. The number of hydrogen-bond acceptors (Lipinski definition) is 5. The molecule has 0 spiro atoms. The SMILES string of the molecule is COc1cc(N2N=C2C(F)(F)F)c(I)cc1C(=O)Nc1cccc2c1CCN(C)C2. The van der Waals surface area contributed by atoms with Gasteiger partial charge < -0.3 is 15.0 Å². The summed E-state index contributed by atoms with van der Waals surface area (Å²) in [5.74, 6) is -1.18. The van der Waals surface area contributed by atoms with Crippen LogP contribution in [-0.2, 0) is 13.0 Å². The number of methoxy groups -OCH3 is 1. The summed E-state index contributed by atoms with van der Waals surface area (Å²) in [4.78, 5) is 15.2. The number of hydrazone groups is 1. The van der Waals surface area contributed by atoms with Gasteiger partial charge in [-0.2, -0.15) is 13.2 Å². The molecule has 0 saturated carbocycles. The number of hydrogen-bond donors (Lipinski definition) is 1. The van der Waals surface area contributed by atoms with Gasteiger partial charge in [-0.05, 0) is 59.3 Å². The second-order valence-corrected chi connectivity index (χ2v) is 8.28. The van der Waals surface area contributed by atoms with E-state index in [4.69, 9.17) is 4.74 Å². The first-order valence-electron chi connectivity index (χ1n) is 9.13. The first kappa shape index (κ1) is 20.9. The number of anilines is 2. The molecular formula is C20H18F3IN4O2. The molecule has 2 aromatic carbocycles. The number of carbonyl (C=O) groups is 1. The van der Waals surface area contributed by atoms with Crippen molar-refractivity contribution in [2.45, 2.75) is 19.1 Å². The molecule has 0 aliphatic carbocycles. The Labute approximate surface area is 184 Å². The molecule has 0 unspecified atom stereocenters. The van der Waals surface area contributed by atoms with Gasteiger partial charge in [0.1, 0.15) is 5.75 Å². The van der Waals surface area contributed by atoms with Crippen molar-refractivity contribution in [2.75, 3.05) is 31.0 Å². The average Bonchev–Trinajstić information content (AvgIpc) is 3.48. The molecule has 158 valence electrons. The van der Waals surface area contributed by atoms with Crippen molar-refractivity contribution in [3.8, 4) is 5.75 Å². The van der Waals surface area contributed by atoms with Crippen molar-refractivity contribution in [3.63, 3.8) is 0 Å². The van der Waals surface area contributed by atoms with E-state index in [1.165, 1.54) is 19.2 Å². The molecule has 0 aromatic heterocycles. The van der Waals surface area contributed by atoms with Crippen molar-refractivity contribution in [1.82, 2.24) is 4.90 Å². The average molecular weight is 530 g/mol. The van der Waals surface area contributed by atoms with Gasteiger partial charge in [0.15, 0.2) is 0 Å². The maximum atomic E-state index is 13.0. The first-order chi connectivity index (χ1) is 14.2. The maximum absolute atomic E-state index is 13.0. The van der Waals surface area contributed by atoms with Crippen LogP contribution in [0.1, 0.15) is 21.5 Å². The van der Waals surface area contributed by atoms with E-state index < -0.39 is 12.0 Å². The summed E-state index contributed by atoms with van der Waals surface area (Å²) in [6.07, 6.45) is -3.70. The molecule has 2 heterocycles. The summed E-state index contributed by atoms with van der Waals surface area (Å²) in [5, 5.41) is 7.13. The van der Waals surface area contributed by atoms with Crippen LogP contribution in [0, 0.1) is 3.57 Å². The van der Waals surface area contributed by atoms with Crippen molar-refractivity contribution in [1.29, 1.82) is 0 Å². The predicted octanol–water partition coefficient (Wildman–Crippen LogP) is 4.24. The Bertz CT molecular complexity index is 1060. The fourth-order valence-corrected chi connectivity index (χ4v) is 4.22. The van der Waals surface area contributed by atoms with E-state index in [0.29, 0.717) is 3.57 Å². The van der Waals surface area contributed by atoms with Gasteiger partial charge in [-0.3, -0.25) is 4.79 Å². The van der Waals surface area contributed by atoms with E-state index in [2.05, 4.69) is 15.3 Å². The molecule has 0 atom stereocenters. The number of carbonyl (C=O) groups excluding carboxylic acids is 1. The third-order valence-corrected chi connectivity index (χ3v) is 5.92. The zero-order valence-corrected chi connectivity index (χ0v) is 18.3. The summed E-state index contributed by atoms with van der Waals surface area (Å²) in [5.41, 5.74) is 3.46. The molecule has 2 aliphatic rings. The van der Waals surface area contributed by atoms with Gasteiger partial charge in [-0.1, -0.05) is 12.1 Å². The minimum atomic E-state index is -4.52. The Morgan fingerprint density at radius 3 is 2.73 bits per heavy atom. The van der Waals surface area contributed by atoms with Gasteiger partial charge in [0.05, 0.1) is 18.4 Å². The van der Waals surface area contributed by atoms with Crippen molar-refractivity contribution in [2.24, 2.45) is 5.10 Å². The van der Waals surface area contributed by atoms with Crippen molar-refractivity contribution >= 4 is 45.7 Å². The summed E-state index contributed by atoms with van der Waals surface area (Å²) in [6.45, 7) is 1.71. The summed E-state index contributed by atoms with van der Waals surface area (Å²) in [7, 11) is 3.42. The van der Waals surface area contributed by atoms with Gasteiger partial charge in [0.25, 0.3) is 11.7 Å². The minimum absolute atomic E-state index is 0.177. The lowest BCUT2D eigenvalue weighted by Crippen LogP contribution is -2.27. The highest BCUT2D eigenvalue weighted by Crippen LogP contribution is 2.39. The predicted molar refractivity (Wildman–Crippen MR) is 116 cm³/mol. The zero-order chi connectivity index (χ0) is 21.6. The summed E-state index contributed by atoms with van der Waals surface area (Å²) >= 11 is 1.89. The van der Waals surface area contributed by atoms with E-state index in [1.807, 2.05) is 47.8 Å². The number of amidine groups is 1. The van der Waals surface area contributed by atoms with Crippen LogP contribution in [0.2, 0.25) is 0 Å². The fraction of sp³-hybridized carbons (Fsp3) is 0.300. The molecule has 2 aliphatic heterocycles. The third kappa shape index (κ3) is 3.97. The van der Waals surface area contributed by atoms with Crippen LogP contribution in [0.5, 0.6) is 5.75 Å². The number of likely N-dealkylation sites (N-methyl/N-ethyl adjacent to an activating group) is 1. The lowest BCUT2D eigenvalue weighted by atomic mass is 9.98. The van der Waals surface area contributed by atoms with E-state index >= 15 is 0 Å². The molecular weight excluding hydrogens is 512 g/mol. The third-order valence-electron chi connectivity index (χ3n) is 5.06. The lowest BCUT2D eigenvalue weighted by molar-refractivity contribution is -0.0563. The highest BCUT2D eigenvalue weighted by molar-refractivity contribution is 14.1. The Hall–Kier alpha value is -2.34. The molecule has 1 N–H and O–H groups in total. The van der Waals surface area contributed by atoms with Crippen molar-refractivity contribution in [3.05, 3.63) is 50.6 Å². The molecule has 0 saturated heterocycles. The number of ether oxygens (including phenoxy) is 1. The van der Waals surface area contributed by atoms with Crippen LogP contribution in [0.4, 0.5) is 24.5 Å². The standard InChI is InChI=1S/C20H18F3IN4O2/c1-27-7-6-12-11(10-27)4-3-5-15(12)25-18(29)13-8-14(24)16(9-17(13)30-2)28-19(26-28)20(21,22)23/h3-5,8-9H,6-7,10H2,1-2H3,(H,25,29). The van der Waals surface area contributed by atoms with Gasteiger partial charge in [0.2, 0.25) is 0 Å². The van der Waals surface area contributed by atoms with Crippen LogP contribution in [0.3, 0.4) is 0 Å². The highest BCUT2D eigenvalue weighted by Gasteiger charge is 2.50. The molecule has 0 radical (unpaired) electrons. The molecule has 10 heteroatoms. The number of nitrogens with one attached hydrogen (secondary N) is 1. The maximum Gasteiger partial charge on any atom is 0.453 e. The molecule has 30 heavy (non-hydrogen) atoms. The van der Waals surface area contributed by atoms with Crippen LogP contribution in [-0.4, -0.2) is 43.5 Å². The van der Waals surface area contributed by atoms with Gasteiger partial charge >= 0.3 is 6.18 Å². The quantitative estimate of drug-likeness (QED) is 0.602. The summed E-state index contributed by atoms with van der Waals surface area (Å²) in [6, 6.07) is 8.70. The number of nitrogens with zero attached hydrogens (tertiary/aromatic N) is 3. The Balaban J connectivity index is 1.60. The summed E-state index contributed by atoms with van der Waals surface area (Å²) < 4.78 is 44.2. The molecule has 0 fully saturated rings. The van der Waals surface area contributed by atoms with Crippen LogP contribution in [0.25, 0.3) is 0 Å². The number of halogens is 4. The Morgan fingerprint density at radius 2 is 2.07 bits per heavy atom. The number of benzene rings is 2. The van der Waals surface area contributed by atoms with Crippen molar-refractivity contribution < 1.29 is 22.7 Å². The first-order valence-corrected chi connectivity index (χ1v) is 10.2. The molecule has 1 amide bonds. The topological polar surface area (TPSA) is 56.9 Å². The van der Waals surface area contributed by atoms with E-state index in [0.717, 1.165) is 41.3 Å². The van der Waals surface area contributed by atoms with Gasteiger partial charge in [0, 0.05) is 28.4 Å². The fourth-order valence-electron chi connectivity index (χ4n) is 3.53. The van der Waals surface area contributed by atoms with Gasteiger partial charge in [-0.25, -0.2) is 5.01 Å². The largest absolute Gasteiger partial charge is 0.496 e. The highest BCUT2D eigenvalue weighted by atomic mass is 127. The molecule has 2 aromatic rings. The zero-order valence-electron chi connectivity index (χ0n) is 16.2. The second-order valence-electron chi connectivity index (χ2n) is 7.12. The van der Waals surface area contributed by atoms with Crippen LogP contribution < -0.4 is 15.1 Å². The Morgan fingerprint density at radius 1 is 1.30 bits per heavy atom. The number of amides is 1. The Kier molecular flexibility index (Phi) is 5.39. The van der Waals surface area contributed by atoms with Crippen LogP contribution in [0.15, 0.2) is 35.4 Å². The molecule has 0 bridgehead atoms. The van der Waals surface area contributed by atoms with E-state index in [9.17, 15) is 18.0 Å². The number of alkyl halides is 3. The molecule has 6 nitrogen and oxygen atoms in total. The monoisotopic (exact) mass is 530 g/mol. The number of fused-ring (bicyclic) bond motifs is 1. The smallest absolute Gasteiger partial charge is 0.453 e. The molecule has 4 rings (SSSR count). The lowest BCUT2D eigenvalue weighted by Gasteiger charge is -2.27. The van der Waals surface area contributed by atoms with E-state index in [1.54, 1.807) is 0 Å². The minimum Gasteiger partial charge on any atom is -0.496 e. The van der Waals surface area contributed by atoms with Gasteiger partial charge in [-0.15, -0.1) is 5.10 Å². The number of rotatable bonds is 4. The van der Waals surface area contributed by atoms with E-state index in [-0.39, 0.29) is 22.9 Å². The normalized spacial score (nSPS) is 16.1. The van der Waals surface area contributed by atoms with Crippen LogP contribution >= 0.6 is 22.6 Å².